The lowest BCUT2D eigenvalue weighted by Crippen LogP contribution is -2.46. The van der Waals surface area contributed by atoms with E-state index in [1.807, 2.05) is 42.5 Å². The largest absolute Gasteiger partial charge is 0.460 e. The van der Waals surface area contributed by atoms with E-state index in [-0.39, 0.29) is 12.1 Å². The number of thiol groups is 1. The summed E-state index contributed by atoms with van der Waals surface area (Å²) < 4.78 is 18.0. The van der Waals surface area contributed by atoms with Crippen LogP contribution in [0.4, 0.5) is 4.79 Å². The van der Waals surface area contributed by atoms with Crippen molar-refractivity contribution in [3.63, 3.8) is 0 Å². The van der Waals surface area contributed by atoms with Gasteiger partial charge in [0.1, 0.15) is 6.10 Å². The van der Waals surface area contributed by atoms with Gasteiger partial charge in [0.05, 0.1) is 0 Å². The van der Waals surface area contributed by atoms with Crippen molar-refractivity contribution in [3.8, 4) is 17.1 Å². The number of urea groups is 1. The summed E-state index contributed by atoms with van der Waals surface area (Å²) >= 11 is 6.51. The summed E-state index contributed by atoms with van der Waals surface area (Å²) in [4.78, 5) is 23.4. The maximum atomic E-state index is 12.6. The second-order valence-electron chi connectivity index (χ2n) is 8.70. The number of piperidine rings is 1. The lowest BCUT2D eigenvalue weighted by Gasteiger charge is -2.31. The number of nitrogens with zero attached hydrogens (tertiary/aromatic N) is 3. The van der Waals surface area contributed by atoms with Crippen molar-refractivity contribution in [3.05, 3.63) is 71.5 Å². The first kappa shape index (κ1) is 24.2. The average Bonchev–Trinajstić information content (AvgIpc) is 2.84. The zero-order valence-corrected chi connectivity index (χ0v) is 20.9. The van der Waals surface area contributed by atoms with Gasteiger partial charge in [-0.15, -0.1) is 0 Å². The van der Waals surface area contributed by atoms with Crippen molar-refractivity contribution in [1.82, 2.24) is 20.2 Å². The predicted molar refractivity (Wildman–Crippen MR) is 136 cm³/mol. The van der Waals surface area contributed by atoms with Crippen LogP contribution in [0.2, 0.25) is 5.02 Å². The smallest absolute Gasteiger partial charge is 0.317 e. The van der Waals surface area contributed by atoms with E-state index in [0.29, 0.717) is 30.7 Å². The van der Waals surface area contributed by atoms with E-state index in [1.54, 1.807) is 35.9 Å². The van der Waals surface area contributed by atoms with Crippen LogP contribution in [0.15, 0.2) is 65.8 Å². The number of carbonyl (C=O) groups excluding carboxylic acids is 1. The van der Waals surface area contributed by atoms with Crippen molar-refractivity contribution in [1.29, 1.82) is 0 Å². The zero-order chi connectivity index (χ0) is 24.1. The third-order valence-corrected chi connectivity index (χ3v) is 7.74. The van der Waals surface area contributed by atoms with Crippen LogP contribution in [0, 0.1) is 0 Å². The molecule has 3 aromatic rings. The molecular formula is C25H29ClN4O3S. The molecule has 0 bridgehead atoms. The van der Waals surface area contributed by atoms with Gasteiger partial charge >= 0.3 is 12.0 Å². The van der Waals surface area contributed by atoms with Crippen molar-refractivity contribution < 1.29 is 13.7 Å². The van der Waals surface area contributed by atoms with Gasteiger partial charge in [-0.25, -0.2) is 14.8 Å². The minimum Gasteiger partial charge on any atom is -0.460 e. The van der Waals surface area contributed by atoms with Crippen molar-refractivity contribution in [2.24, 2.45) is 0 Å². The molecule has 0 aliphatic carbocycles. The Bertz CT molecular complexity index is 1180. The second-order valence-corrected chi connectivity index (χ2v) is 12.3. The molecule has 0 spiro atoms. The third-order valence-electron chi connectivity index (χ3n) is 5.85. The first-order valence-electron chi connectivity index (χ1n) is 11.2. The number of carbonyl (C=O) groups is 1. The molecule has 0 atom stereocenters. The highest BCUT2D eigenvalue weighted by Gasteiger charge is 2.24. The summed E-state index contributed by atoms with van der Waals surface area (Å²) in [6.45, 7) is 1.56. The predicted octanol–water partition coefficient (Wildman–Crippen LogP) is 4.19. The molecule has 4 rings (SSSR count). The molecule has 0 unspecified atom stereocenters. The molecule has 1 fully saturated rings. The molecule has 1 aliphatic heterocycles. The molecule has 2 aromatic carbocycles. The molecule has 0 saturated carbocycles. The fourth-order valence-corrected chi connectivity index (χ4v) is 4.95. The van der Waals surface area contributed by atoms with Gasteiger partial charge in [-0.05, 0) is 53.5 Å². The van der Waals surface area contributed by atoms with Gasteiger partial charge in [0, 0.05) is 54.8 Å². The van der Waals surface area contributed by atoms with Crippen LogP contribution in [0.5, 0.6) is 6.01 Å². The Morgan fingerprint density at radius 3 is 2.35 bits per heavy atom. The Balaban J connectivity index is 1.29. The van der Waals surface area contributed by atoms with Crippen LogP contribution in [-0.4, -0.2) is 56.8 Å². The van der Waals surface area contributed by atoms with Gasteiger partial charge in [-0.1, -0.05) is 45.8 Å². The average molecular weight is 501 g/mol. The number of amides is 2. The monoisotopic (exact) mass is 500 g/mol. The van der Waals surface area contributed by atoms with Gasteiger partial charge < -0.3 is 15.0 Å². The first-order chi connectivity index (χ1) is 16.3. The van der Waals surface area contributed by atoms with Crippen LogP contribution < -0.4 is 10.1 Å². The van der Waals surface area contributed by atoms with E-state index in [2.05, 4.69) is 15.3 Å². The Morgan fingerprint density at radius 2 is 1.74 bits per heavy atom. The standard InChI is InChI=1S/C25H29ClN4O3S/c1-34(2,32)22-8-6-18(7-9-22)19-4-5-20(23(26)16-19)17-29-25(31)30-14-10-21(11-15-30)33-24-27-12-3-13-28-24/h3-9,12-13,16,21,34H,10-11,14-15,17H2,1-2H3,(H,29,31). The molecule has 1 aliphatic rings. The molecule has 1 aromatic heterocycles. The van der Waals surface area contributed by atoms with Gasteiger partial charge in [-0.2, -0.15) is 0 Å². The summed E-state index contributed by atoms with van der Waals surface area (Å²) in [5.74, 6) is 0. The maximum Gasteiger partial charge on any atom is 0.317 e. The number of likely N-dealkylation sites (tertiary alicyclic amines) is 1. The Morgan fingerprint density at radius 1 is 1.09 bits per heavy atom. The van der Waals surface area contributed by atoms with Crippen LogP contribution in [-0.2, 0) is 16.5 Å². The van der Waals surface area contributed by atoms with Gasteiger partial charge in [0.2, 0.25) is 0 Å². The lowest BCUT2D eigenvalue weighted by atomic mass is 10.0. The molecule has 2 amide bonds. The molecule has 9 heteroatoms. The SMILES string of the molecule is C[SH](C)(=O)c1ccc(-c2ccc(CNC(=O)N3CCC(Oc4ncccn4)CC3)c(Cl)c2)cc1. The molecule has 2 heterocycles. The summed E-state index contributed by atoms with van der Waals surface area (Å²) in [5.41, 5.74) is 2.82. The van der Waals surface area contributed by atoms with Crippen molar-refractivity contribution in [2.75, 3.05) is 25.6 Å². The van der Waals surface area contributed by atoms with Gasteiger partial charge in [0.15, 0.2) is 0 Å². The highest BCUT2D eigenvalue weighted by molar-refractivity contribution is 8.01. The van der Waals surface area contributed by atoms with E-state index >= 15 is 0 Å². The normalized spacial score (nSPS) is 15.1. The molecule has 1 N–H and O–H groups in total. The van der Waals surface area contributed by atoms with E-state index in [9.17, 15) is 9.00 Å². The highest BCUT2D eigenvalue weighted by Crippen LogP contribution is 2.27. The second kappa shape index (κ2) is 10.5. The number of benzene rings is 2. The molecule has 180 valence electrons. The number of nitrogens with one attached hydrogen (secondary N) is 1. The summed E-state index contributed by atoms with van der Waals surface area (Å²) in [6.07, 6.45) is 8.28. The van der Waals surface area contributed by atoms with E-state index in [4.69, 9.17) is 16.3 Å². The first-order valence-corrected chi connectivity index (χ1v) is 14.2. The van der Waals surface area contributed by atoms with E-state index in [0.717, 1.165) is 34.4 Å². The fraction of sp³-hybridized carbons (Fsp3) is 0.320. The molecule has 34 heavy (non-hydrogen) atoms. The summed E-state index contributed by atoms with van der Waals surface area (Å²) in [7, 11) is -2.28. The number of hydrogen-bond acceptors (Lipinski definition) is 5. The van der Waals surface area contributed by atoms with Crippen LogP contribution in [0.25, 0.3) is 11.1 Å². The number of rotatable bonds is 6. The zero-order valence-electron chi connectivity index (χ0n) is 19.3. The number of aromatic nitrogens is 2. The lowest BCUT2D eigenvalue weighted by molar-refractivity contribution is 0.103. The molecular weight excluding hydrogens is 472 g/mol. The number of ether oxygens (including phenoxy) is 1. The Labute approximate surface area is 205 Å². The Hall–Kier alpha value is -2.97. The van der Waals surface area contributed by atoms with Gasteiger partial charge in [-0.3, -0.25) is 4.21 Å². The molecule has 7 nitrogen and oxygen atoms in total. The number of halogens is 1. The summed E-state index contributed by atoms with van der Waals surface area (Å²) in [5, 5.41) is 3.55. The molecule has 0 radical (unpaired) electrons. The summed E-state index contributed by atoms with van der Waals surface area (Å²) in [6, 6.07) is 15.5. The van der Waals surface area contributed by atoms with Crippen LogP contribution >= 0.6 is 11.6 Å². The maximum absolute atomic E-state index is 12.6. The van der Waals surface area contributed by atoms with Crippen molar-refractivity contribution >= 4 is 27.6 Å². The minimum atomic E-state index is -2.28. The van der Waals surface area contributed by atoms with Crippen LogP contribution in [0.1, 0.15) is 18.4 Å². The highest BCUT2D eigenvalue weighted by atomic mass is 35.5. The third kappa shape index (κ3) is 6.12. The van der Waals surface area contributed by atoms with Gasteiger partial charge in [0.25, 0.3) is 0 Å². The Kier molecular flexibility index (Phi) is 7.48. The van der Waals surface area contributed by atoms with Crippen LogP contribution in [0.3, 0.4) is 0 Å². The van der Waals surface area contributed by atoms with E-state index in [1.165, 1.54) is 0 Å². The van der Waals surface area contributed by atoms with E-state index < -0.39 is 9.93 Å². The molecule has 1 saturated heterocycles. The topological polar surface area (TPSA) is 84.4 Å². The minimum absolute atomic E-state index is 0.00379. The number of hydrogen-bond donors (Lipinski definition) is 2. The quantitative estimate of drug-likeness (QED) is 0.496. The van der Waals surface area contributed by atoms with Crippen molar-refractivity contribution in [2.45, 2.75) is 30.4 Å². The fourth-order valence-electron chi connectivity index (χ4n) is 3.84.